The van der Waals surface area contributed by atoms with Crippen molar-refractivity contribution in [2.45, 2.75) is 37.1 Å². The lowest BCUT2D eigenvalue weighted by Crippen LogP contribution is -2.36. The number of nitrogens with two attached hydrogens (primary N) is 1. The van der Waals surface area contributed by atoms with Crippen molar-refractivity contribution in [3.63, 3.8) is 0 Å². The molecule has 0 heterocycles. The van der Waals surface area contributed by atoms with Gasteiger partial charge in [-0.2, -0.15) is 0 Å². The Morgan fingerprint density at radius 1 is 1.44 bits per heavy atom. The average molecular weight is 259 g/mol. The van der Waals surface area contributed by atoms with Gasteiger partial charge in [0.25, 0.3) is 0 Å². The van der Waals surface area contributed by atoms with Gasteiger partial charge < -0.3 is 0 Å². The van der Waals surface area contributed by atoms with Gasteiger partial charge in [-0.25, -0.2) is 0 Å². The molecule has 0 amide bonds. The van der Waals surface area contributed by atoms with E-state index in [0.717, 1.165) is 22.1 Å². The molecule has 3 N–H and O–H groups in total. The van der Waals surface area contributed by atoms with E-state index in [9.17, 15) is 0 Å². The molecule has 0 aliphatic heterocycles. The van der Waals surface area contributed by atoms with E-state index in [-0.39, 0.29) is 0 Å². The smallest absolute Gasteiger partial charge is 0.0541 e. The van der Waals surface area contributed by atoms with Crippen molar-refractivity contribution in [3.05, 3.63) is 29.3 Å². The number of hydrazine groups is 1. The molecule has 16 heavy (non-hydrogen) atoms. The number of halogens is 1. The molecule has 0 spiro atoms. The molecule has 0 fully saturated rings. The van der Waals surface area contributed by atoms with Crippen LogP contribution in [0, 0.1) is 0 Å². The van der Waals surface area contributed by atoms with Gasteiger partial charge in [-0.05, 0) is 18.6 Å². The number of hydrogen-bond donors (Lipinski definition) is 2. The summed E-state index contributed by atoms with van der Waals surface area (Å²) in [5.41, 5.74) is 2.86. The topological polar surface area (TPSA) is 38.0 Å². The molecular formula is C12H19ClN2S. The van der Waals surface area contributed by atoms with E-state index in [2.05, 4.69) is 12.3 Å². The second-order valence-electron chi connectivity index (χ2n) is 3.75. The van der Waals surface area contributed by atoms with E-state index in [1.54, 1.807) is 11.8 Å². The third-order valence-corrected chi connectivity index (χ3v) is 4.10. The van der Waals surface area contributed by atoms with Crippen LogP contribution in [0.5, 0.6) is 0 Å². The van der Waals surface area contributed by atoms with Crippen LogP contribution in [-0.2, 0) is 0 Å². The Bertz CT molecular complexity index is 307. The summed E-state index contributed by atoms with van der Waals surface area (Å²) in [5, 5.41) is 0.818. The summed E-state index contributed by atoms with van der Waals surface area (Å²) in [6, 6.07) is 8.27. The van der Waals surface area contributed by atoms with Gasteiger partial charge in [-0.3, -0.25) is 11.3 Å². The molecule has 0 saturated carbocycles. The van der Waals surface area contributed by atoms with E-state index in [1.807, 2.05) is 24.3 Å². The van der Waals surface area contributed by atoms with Crippen LogP contribution < -0.4 is 11.3 Å². The third-order valence-electron chi connectivity index (χ3n) is 2.42. The van der Waals surface area contributed by atoms with Gasteiger partial charge >= 0.3 is 0 Å². The van der Waals surface area contributed by atoms with Crippen molar-refractivity contribution in [3.8, 4) is 0 Å². The van der Waals surface area contributed by atoms with Crippen molar-refractivity contribution in [1.29, 1.82) is 0 Å². The van der Waals surface area contributed by atoms with Crippen LogP contribution in [-0.4, -0.2) is 11.8 Å². The minimum absolute atomic E-state index is 0.362. The van der Waals surface area contributed by atoms with Gasteiger partial charge in [-0.15, -0.1) is 11.8 Å². The minimum Gasteiger partial charge on any atom is -0.271 e. The highest BCUT2D eigenvalue weighted by Gasteiger charge is 2.07. The molecule has 1 atom stereocenters. The highest BCUT2D eigenvalue weighted by atomic mass is 35.5. The molecule has 4 heteroatoms. The Morgan fingerprint density at radius 2 is 2.19 bits per heavy atom. The molecule has 1 unspecified atom stereocenters. The molecule has 0 aliphatic rings. The molecule has 0 aromatic heterocycles. The summed E-state index contributed by atoms with van der Waals surface area (Å²) in [6.07, 6.45) is 3.53. The highest BCUT2D eigenvalue weighted by molar-refractivity contribution is 7.99. The molecule has 2 nitrogen and oxygen atoms in total. The zero-order valence-corrected chi connectivity index (χ0v) is 11.2. The molecule has 1 aromatic rings. The maximum Gasteiger partial charge on any atom is 0.0541 e. The molecule has 0 radical (unpaired) electrons. The monoisotopic (exact) mass is 258 g/mol. The number of nitrogens with one attached hydrogen (secondary N) is 1. The normalized spacial score (nSPS) is 12.7. The van der Waals surface area contributed by atoms with Gasteiger partial charge in [0.2, 0.25) is 0 Å². The molecule has 0 aliphatic carbocycles. The van der Waals surface area contributed by atoms with Crippen molar-refractivity contribution < 1.29 is 0 Å². The first kappa shape index (κ1) is 13.8. The zero-order chi connectivity index (χ0) is 11.8. The fourth-order valence-corrected chi connectivity index (χ4v) is 2.74. The van der Waals surface area contributed by atoms with Gasteiger partial charge in [0.1, 0.15) is 0 Å². The predicted molar refractivity (Wildman–Crippen MR) is 72.8 cm³/mol. The highest BCUT2D eigenvalue weighted by Crippen LogP contribution is 2.27. The number of thioether (sulfide) groups is 1. The van der Waals surface area contributed by atoms with Gasteiger partial charge in [-0.1, -0.05) is 43.5 Å². The fourth-order valence-electron chi connectivity index (χ4n) is 1.42. The van der Waals surface area contributed by atoms with Crippen molar-refractivity contribution in [2.75, 3.05) is 5.75 Å². The first-order valence-electron chi connectivity index (χ1n) is 5.61. The molecular weight excluding hydrogens is 240 g/mol. The summed E-state index contributed by atoms with van der Waals surface area (Å²) in [7, 11) is 0. The minimum atomic E-state index is 0.362. The Hall–Kier alpha value is -0.220. The zero-order valence-electron chi connectivity index (χ0n) is 9.58. The van der Waals surface area contributed by atoms with Crippen LogP contribution >= 0.6 is 23.4 Å². The van der Waals surface area contributed by atoms with Gasteiger partial charge in [0.15, 0.2) is 0 Å². The molecule has 0 bridgehead atoms. The first-order chi connectivity index (χ1) is 7.77. The SMILES string of the molecule is CCCCC(CSc1ccccc1Cl)NN. The van der Waals surface area contributed by atoms with Crippen LogP contribution in [0.4, 0.5) is 0 Å². The van der Waals surface area contributed by atoms with E-state index >= 15 is 0 Å². The van der Waals surface area contributed by atoms with E-state index in [4.69, 9.17) is 17.4 Å². The summed E-state index contributed by atoms with van der Waals surface area (Å²) in [4.78, 5) is 1.13. The third kappa shape index (κ3) is 4.74. The van der Waals surface area contributed by atoms with E-state index in [1.165, 1.54) is 12.8 Å². The van der Waals surface area contributed by atoms with E-state index < -0.39 is 0 Å². The Kier molecular flexibility index (Phi) is 6.88. The lowest BCUT2D eigenvalue weighted by Gasteiger charge is -2.15. The van der Waals surface area contributed by atoms with Crippen molar-refractivity contribution >= 4 is 23.4 Å². The first-order valence-corrected chi connectivity index (χ1v) is 6.97. The summed E-state index contributed by atoms with van der Waals surface area (Å²) in [6.45, 7) is 2.19. The number of benzene rings is 1. The Labute approximate surface area is 107 Å². The molecule has 90 valence electrons. The van der Waals surface area contributed by atoms with E-state index in [0.29, 0.717) is 6.04 Å². The second kappa shape index (κ2) is 7.96. The Balaban J connectivity index is 2.40. The molecule has 0 saturated heterocycles. The standard InChI is InChI=1S/C12H19ClN2S/c1-2-3-6-10(15-14)9-16-12-8-5-4-7-11(12)13/h4-5,7-8,10,15H,2-3,6,9,14H2,1H3. The van der Waals surface area contributed by atoms with Crippen LogP contribution in [0.1, 0.15) is 26.2 Å². The van der Waals surface area contributed by atoms with Crippen molar-refractivity contribution in [1.82, 2.24) is 5.43 Å². The number of unbranched alkanes of at least 4 members (excludes halogenated alkanes) is 1. The Morgan fingerprint density at radius 3 is 2.81 bits per heavy atom. The van der Waals surface area contributed by atoms with Crippen LogP contribution in [0.2, 0.25) is 5.02 Å². The fraction of sp³-hybridized carbons (Fsp3) is 0.500. The lowest BCUT2D eigenvalue weighted by molar-refractivity contribution is 0.516. The molecule has 1 aromatic carbocycles. The van der Waals surface area contributed by atoms with Gasteiger partial charge in [0, 0.05) is 16.7 Å². The summed E-state index contributed by atoms with van der Waals surface area (Å²) in [5.74, 6) is 6.48. The summed E-state index contributed by atoms with van der Waals surface area (Å²) >= 11 is 7.84. The average Bonchev–Trinajstić information content (AvgIpc) is 2.31. The van der Waals surface area contributed by atoms with Crippen LogP contribution in [0.15, 0.2) is 29.2 Å². The number of hydrogen-bond acceptors (Lipinski definition) is 3. The quantitative estimate of drug-likeness (QED) is 0.447. The summed E-state index contributed by atoms with van der Waals surface area (Å²) < 4.78 is 0. The predicted octanol–water partition coefficient (Wildman–Crippen LogP) is 3.45. The number of rotatable bonds is 7. The molecule has 1 rings (SSSR count). The maximum atomic E-state index is 6.08. The second-order valence-corrected chi connectivity index (χ2v) is 5.22. The lowest BCUT2D eigenvalue weighted by atomic mass is 10.1. The van der Waals surface area contributed by atoms with Crippen molar-refractivity contribution in [2.24, 2.45) is 5.84 Å². The van der Waals surface area contributed by atoms with Crippen LogP contribution in [0.25, 0.3) is 0 Å². The van der Waals surface area contributed by atoms with Gasteiger partial charge in [0.05, 0.1) is 5.02 Å². The van der Waals surface area contributed by atoms with Crippen LogP contribution in [0.3, 0.4) is 0 Å². The maximum absolute atomic E-state index is 6.08. The largest absolute Gasteiger partial charge is 0.271 e.